The predicted molar refractivity (Wildman–Crippen MR) is 143 cm³/mol. The normalized spacial score (nSPS) is 28.3. The number of hydrogen-bond acceptors (Lipinski definition) is 4. The molecule has 1 aliphatic carbocycles. The molecular weight excluding hydrogens is 560 g/mol. The average Bonchev–Trinajstić information content (AvgIpc) is 3.30. The van der Waals surface area contributed by atoms with Crippen molar-refractivity contribution < 1.29 is 19.5 Å². The summed E-state index contributed by atoms with van der Waals surface area (Å²) in [6, 6.07) is 7.58. The van der Waals surface area contributed by atoms with Crippen LogP contribution >= 0.6 is 46.4 Å². The molecule has 3 fully saturated rings. The van der Waals surface area contributed by atoms with Crippen molar-refractivity contribution in [2.45, 2.75) is 37.3 Å². The van der Waals surface area contributed by atoms with Gasteiger partial charge in [0.2, 0.25) is 5.91 Å². The van der Waals surface area contributed by atoms with E-state index in [4.69, 9.17) is 46.4 Å². The van der Waals surface area contributed by atoms with Gasteiger partial charge in [-0.15, -0.1) is 0 Å². The first-order chi connectivity index (χ1) is 17.6. The molecule has 4 atom stereocenters. The van der Waals surface area contributed by atoms with Gasteiger partial charge in [-0.3, -0.25) is 19.3 Å². The zero-order chi connectivity index (χ0) is 26.2. The van der Waals surface area contributed by atoms with Gasteiger partial charge in [-0.1, -0.05) is 46.4 Å². The van der Waals surface area contributed by atoms with Gasteiger partial charge >= 0.3 is 5.97 Å². The molecule has 2 saturated heterocycles. The second-order valence-electron chi connectivity index (χ2n) is 10.3. The fraction of sp³-hybridized carbons (Fsp3) is 0.423. The molecule has 1 unspecified atom stereocenters. The van der Waals surface area contributed by atoms with E-state index >= 15 is 0 Å². The smallest absolute Gasteiger partial charge is 0.310 e. The molecule has 194 valence electrons. The molecule has 6 rings (SSSR count). The third-order valence-electron chi connectivity index (χ3n) is 8.14. The molecule has 3 aliphatic heterocycles. The van der Waals surface area contributed by atoms with Crippen molar-refractivity contribution in [3.8, 4) is 0 Å². The van der Waals surface area contributed by atoms with Crippen LogP contribution in [0.4, 0.5) is 11.4 Å². The van der Waals surface area contributed by atoms with E-state index in [2.05, 4.69) is 5.32 Å². The number of benzene rings is 2. The molecule has 11 heteroatoms. The minimum atomic E-state index is -1.60. The first-order valence-electron chi connectivity index (χ1n) is 12.2. The van der Waals surface area contributed by atoms with Crippen LogP contribution in [0.5, 0.6) is 0 Å². The molecule has 0 radical (unpaired) electrons. The Labute approximate surface area is 233 Å². The van der Waals surface area contributed by atoms with E-state index in [1.807, 2.05) is 4.90 Å². The topological polar surface area (TPSA) is 90.0 Å². The molecule has 2 N–H and O–H groups in total. The molecule has 7 nitrogen and oxygen atoms in total. The molecule has 37 heavy (non-hydrogen) atoms. The van der Waals surface area contributed by atoms with Crippen molar-refractivity contribution in [1.29, 1.82) is 0 Å². The SMILES string of the molecule is O=C(O)[C@H]1[C@@H](C(=O)N(CC2CC2)c2cc(Cl)cc(Cl)c2)[C@H]2CCCN2C12C(=O)Nc1c(Cl)cc(Cl)cc12. The highest BCUT2D eigenvalue weighted by Crippen LogP contribution is 2.59. The Balaban J connectivity index is 1.51. The molecule has 1 spiro atoms. The summed E-state index contributed by atoms with van der Waals surface area (Å²) in [5, 5.41) is 14.7. The Kier molecular flexibility index (Phi) is 6.16. The van der Waals surface area contributed by atoms with Gasteiger partial charge in [0.1, 0.15) is 11.5 Å². The van der Waals surface area contributed by atoms with Crippen molar-refractivity contribution in [2.75, 3.05) is 23.3 Å². The van der Waals surface area contributed by atoms with E-state index in [9.17, 15) is 19.5 Å². The van der Waals surface area contributed by atoms with Gasteiger partial charge in [-0.2, -0.15) is 0 Å². The summed E-state index contributed by atoms with van der Waals surface area (Å²) in [6.45, 7) is 0.902. The molecule has 0 aromatic heterocycles. The largest absolute Gasteiger partial charge is 0.481 e. The van der Waals surface area contributed by atoms with Crippen molar-refractivity contribution in [3.05, 3.63) is 56.0 Å². The number of halogens is 4. The number of nitrogens with one attached hydrogen (secondary N) is 1. The molecule has 2 aromatic carbocycles. The molecule has 0 bridgehead atoms. The number of anilines is 2. The number of amides is 2. The van der Waals surface area contributed by atoms with Crippen LogP contribution < -0.4 is 10.2 Å². The second-order valence-corrected chi connectivity index (χ2v) is 12.0. The number of carboxylic acids is 1. The molecular formula is C26H23Cl4N3O4. The Morgan fingerprint density at radius 2 is 1.70 bits per heavy atom. The van der Waals surface area contributed by atoms with Crippen LogP contribution in [0.3, 0.4) is 0 Å². The maximum atomic E-state index is 14.4. The third kappa shape index (κ3) is 3.85. The van der Waals surface area contributed by atoms with Gasteiger partial charge in [0, 0.05) is 38.9 Å². The lowest BCUT2D eigenvalue weighted by Gasteiger charge is -2.35. The minimum Gasteiger partial charge on any atom is -0.481 e. The van der Waals surface area contributed by atoms with E-state index in [0.29, 0.717) is 57.4 Å². The van der Waals surface area contributed by atoms with Gasteiger partial charge in [0.25, 0.3) is 5.91 Å². The van der Waals surface area contributed by atoms with Crippen molar-refractivity contribution in [3.63, 3.8) is 0 Å². The number of carboxylic acid groups (broad SMARTS) is 1. The minimum absolute atomic E-state index is 0.228. The number of hydrogen-bond donors (Lipinski definition) is 2. The van der Waals surface area contributed by atoms with Gasteiger partial charge in [0.15, 0.2) is 0 Å². The zero-order valence-corrected chi connectivity index (χ0v) is 22.5. The first kappa shape index (κ1) is 25.3. The van der Waals surface area contributed by atoms with Crippen LogP contribution in [-0.4, -0.2) is 46.9 Å². The van der Waals surface area contributed by atoms with Gasteiger partial charge in [0.05, 0.1) is 16.6 Å². The quantitative estimate of drug-likeness (QED) is 0.473. The molecule has 4 aliphatic rings. The number of rotatable bonds is 5. The summed E-state index contributed by atoms with van der Waals surface area (Å²) in [6.07, 6.45) is 3.28. The zero-order valence-electron chi connectivity index (χ0n) is 19.5. The van der Waals surface area contributed by atoms with Crippen LogP contribution in [-0.2, 0) is 19.9 Å². The predicted octanol–water partition coefficient (Wildman–Crippen LogP) is 5.69. The Morgan fingerprint density at radius 3 is 2.35 bits per heavy atom. The number of nitrogens with zero attached hydrogens (tertiary/aromatic N) is 2. The summed E-state index contributed by atoms with van der Waals surface area (Å²) in [5.41, 5.74) is -0.331. The number of aliphatic carboxylic acids is 1. The van der Waals surface area contributed by atoms with E-state index in [1.165, 1.54) is 6.07 Å². The Morgan fingerprint density at radius 1 is 1.03 bits per heavy atom. The van der Waals surface area contributed by atoms with E-state index in [1.54, 1.807) is 29.2 Å². The van der Waals surface area contributed by atoms with Crippen molar-refractivity contribution >= 4 is 75.6 Å². The molecule has 1 saturated carbocycles. The molecule has 3 heterocycles. The fourth-order valence-electron chi connectivity index (χ4n) is 6.59. The summed E-state index contributed by atoms with van der Waals surface area (Å²) in [7, 11) is 0. The highest BCUT2D eigenvalue weighted by atomic mass is 35.5. The van der Waals surface area contributed by atoms with E-state index < -0.39 is 35.3 Å². The third-order valence-corrected chi connectivity index (χ3v) is 9.09. The number of carbonyl (C=O) groups is 3. The van der Waals surface area contributed by atoms with Gasteiger partial charge in [-0.25, -0.2) is 0 Å². The summed E-state index contributed by atoms with van der Waals surface area (Å²) < 4.78 is 0. The van der Waals surface area contributed by atoms with E-state index in [0.717, 1.165) is 19.3 Å². The van der Waals surface area contributed by atoms with E-state index in [-0.39, 0.29) is 10.9 Å². The highest BCUT2D eigenvalue weighted by molar-refractivity contribution is 6.38. The standard InChI is InChI=1S/C26H23Cl4N3O4/c27-13-6-14(28)8-16(7-13)32(11-12-3-4-12)23(34)20-19-2-1-5-33(19)26(21(20)24(35)36)17-9-15(29)10-18(30)22(17)31-25(26)37/h6-10,12,19-21H,1-5,11H2,(H,31,37)(H,35,36)/t19-,20+,21-,26?/m1/s1. The Hall–Kier alpha value is -2.03. The molecule has 2 aromatic rings. The van der Waals surface area contributed by atoms with Crippen molar-refractivity contribution in [1.82, 2.24) is 4.90 Å². The average molecular weight is 583 g/mol. The number of fused-ring (bicyclic) bond motifs is 4. The lowest BCUT2D eigenvalue weighted by molar-refractivity contribution is -0.152. The summed E-state index contributed by atoms with van der Waals surface area (Å²) in [4.78, 5) is 44.8. The van der Waals surface area contributed by atoms with Gasteiger partial charge in [-0.05, 0) is 68.5 Å². The van der Waals surface area contributed by atoms with Crippen LogP contribution in [0, 0.1) is 17.8 Å². The summed E-state index contributed by atoms with van der Waals surface area (Å²) >= 11 is 25.3. The monoisotopic (exact) mass is 581 g/mol. The van der Waals surface area contributed by atoms with Gasteiger partial charge < -0.3 is 15.3 Å². The van der Waals surface area contributed by atoms with Crippen molar-refractivity contribution in [2.24, 2.45) is 17.8 Å². The maximum absolute atomic E-state index is 14.4. The van der Waals surface area contributed by atoms with Crippen LogP contribution in [0.1, 0.15) is 31.2 Å². The maximum Gasteiger partial charge on any atom is 0.310 e. The molecule has 2 amide bonds. The van der Waals surface area contributed by atoms with Crippen LogP contribution in [0.2, 0.25) is 20.1 Å². The highest BCUT2D eigenvalue weighted by Gasteiger charge is 2.71. The van der Waals surface area contributed by atoms with Crippen LogP contribution in [0.25, 0.3) is 0 Å². The Bertz CT molecular complexity index is 1330. The first-order valence-corrected chi connectivity index (χ1v) is 13.7. The number of carbonyl (C=O) groups excluding carboxylic acids is 2. The van der Waals surface area contributed by atoms with Crippen LogP contribution in [0.15, 0.2) is 30.3 Å². The lowest BCUT2D eigenvalue weighted by Crippen LogP contribution is -2.53. The fourth-order valence-corrected chi connectivity index (χ4v) is 7.64. The lowest BCUT2D eigenvalue weighted by atomic mass is 9.73. The second kappa shape index (κ2) is 9.02. The summed E-state index contributed by atoms with van der Waals surface area (Å²) in [5.74, 6) is -4.08.